The van der Waals surface area contributed by atoms with Crippen LogP contribution in [0.3, 0.4) is 0 Å². The summed E-state index contributed by atoms with van der Waals surface area (Å²) >= 11 is 0. The van der Waals surface area contributed by atoms with E-state index in [1.54, 1.807) is 10.8 Å². The highest BCUT2D eigenvalue weighted by Gasteiger charge is 2.10. The Kier molecular flexibility index (Phi) is 4.61. The summed E-state index contributed by atoms with van der Waals surface area (Å²) in [6.45, 7) is 0.974. The Morgan fingerprint density at radius 2 is 2.24 bits per heavy atom. The Balaban J connectivity index is 2.46. The summed E-state index contributed by atoms with van der Waals surface area (Å²) in [4.78, 5) is 15.4. The van der Waals surface area contributed by atoms with Crippen molar-refractivity contribution >= 4 is 15.9 Å². The molecule has 0 aliphatic heterocycles. The molecule has 96 valence electrons. The molecule has 0 aliphatic rings. The number of hydrogen-bond acceptors (Lipinski definition) is 5. The van der Waals surface area contributed by atoms with Crippen molar-refractivity contribution in [2.24, 2.45) is 10.9 Å². The van der Waals surface area contributed by atoms with Crippen LogP contribution in [-0.4, -0.2) is 42.7 Å². The summed E-state index contributed by atoms with van der Waals surface area (Å²) < 4.78 is 22.9. The van der Waals surface area contributed by atoms with Gasteiger partial charge in [0.05, 0.1) is 12.1 Å². The van der Waals surface area contributed by atoms with Crippen molar-refractivity contribution in [3.63, 3.8) is 0 Å². The fourth-order valence-electron chi connectivity index (χ4n) is 1.15. The first-order chi connectivity index (χ1) is 7.92. The minimum atomic E-state index is -3.56. The minimum Gasteiger partial charge on any atom is -0.350 e. The van der Waals surface area contributed by atoms with Gasteiger partial charge >= 0.3 is 0 Å². The number of amides is 1. The smallest absolute Gasteiger partial charge is 0.271 e. The van der Waals surface area contributed by atoms with E-state index in [0.717, 1.165) is 0 Å². The number of carbonyl (C=O) groups is 1. The molecule has 0 aromatic carbocycles. The second-order valence-electron chi connectivity index (χ2n) is 3.41. The zero-order valence-electron chi connectivity index (χ0n) is 9.17. The number of nitrogens with one attached hydrogen (secondary N) is 1. The van der Waals surface area contributed by atoms with E-state index >= 15 is 0 Å². The molecular weight excluding hydrogens is 246 g/mol. The van der Waals surface area contributed by atoms with Gasteiger partial charge in [-0.3, -0.25) is 4.79 Å². The molecule has 17 heavy (non-hydrogen) atoms. The Bertz CT molecular complexity index is 481. The molecule has 0 aliphatic carbocycles. The van der Waals surface area contributed by atoms with Crippen LogP contribution in [0.5, 0.6) is 0 Å². The molecule has 8 nitrogen and oxygen atoms in total. The molecule has 1 heterocycles. The van der Waals surface area contributed by atoms with Crippen molar-refractivity contribution in [1.82, 2.24) is 14.9 Å². The normalized spacial score (nSPS) is 11.4. The lowest BCUT2D eigenvalue weighted by atomic mass is 10.4. The van der Waals surface area contributed by atoms with Gasteiger partial charge in [-0.1, -0.05) is 0 Å². The summed E-state index contributed by atoms with van der Waals surface area (Å²) in [5.41, 5.74) is 5.56. The molecule has 0 spiro atoms. The highest BCUT2D eigenvalue weighted by Crippen LogP contribution is 1.95. The SMILES string of the molecule is NCCn1cnc(C(=O)NCCS(N)(=O)=O)c1. The second kappa shape index (κ2) is 5.75. The van der Waals surface area contributed by atoms with E-state index in [9.17, 15) is 13.2 Å². The van der Waals surface area contributed by atoms with Crippen molar-refractivity contribution in [1.29, 1.82) is 0 Å². The summed E-state index contributed by atoms with van der Waals surface area (Å²) in [6, 6.07) is 0. The lowest BCUT2D eigenvalue weighted by molar-refractivity contribution is 0.0951. The third kappa shape index (κ3) is 4.93. The molecule has 0 saturated heterocycles. The van der Waals surface area contributed by atoms with Gasteiger partial charge in [0.25, 0.3) is 5.91 Å². The highest BCUT2D eigenvalue weighted by molar-refractivity contribution is 7.89. The monoisotopic (exact) mass is 261 g/mol. The van der Waals surface area contributed by atoms with E-state index in [-0.39, 0.29) is 18.0 Å². The number of carbonyl (C=O) groups excluding carboxylic acids is 1. The van der Waals surface area contributed by atoms with E-state index in [1.165, 1.54) is 6.33 Å². The molecule has 0 saturated carbocycles. The average molecular weight is 261 g/mol. The van der Waals surface area contributed by atoms with Gasteiger partial charge in [0.15, 0.2) is 0 Å². The second-order valence-corrected chi connectivity index (χ2v) is 5.14. The molecule has 0 fully saturated rings. The zero-order valence-corrected chi connectivity index (χ0v) is 9.98. The summed E-state index contributed by atoms with van der Waals surface area (Å²) in [7, 11) is -3.56. The van der Waals surface area contributed by atoms with Crippen molar-refractivity contribution in [3.05, 3.63) is 18.2 Å². The molecule has 0 unspecified atom stereocenters. The molecular formula is C8H15N5O3S. The summed E-state index contributed by atoms with van der Waals surface area (Å²) in [5, 5.41) is 7.20. The standard InChI is InChI=1S/C8H15N5O3S/c9-1-3-13-5-7(12-6-13)8(14)11-2-4-17(10,15)16/h5-6H,1-4,9H2,(H,11,14)(H2,10,15,16). The topological polar surface area (TPSA) is 133 Å². The van der Waals surface area contributed by atoms with Crippen molar-refractivity contribution in [3.8, 4) is 0 Å². The van der Waals surface area contributed by atoms with Crippen LogP contribution in [0, 0.1) is 0 Å². The maximum atomic E-state index is 11.5. The molecule has 5 N–H and O–H groups in total. The van der Waals surface area contributed by atoms with Gasteiger partial charge in [-0.25, -0.2) is 18.5 Å². The maximum absolute atomic E-state index is 11.5. The van der Waals surface area contributed by atoms with Crippen LogP contribution in [-0.2, 0) is 16.6 Å². The van der Waals surface area contributed by atoms with E-state index in [2.05, 4.69) is 10.3 Å². The Hall–Kier alpha value is -1.45. The summed E-state index contributed by atoms with van der Waals surface area (Å²) in [6.07, 6.45) is 3.03. The third-order valence-electron chi connectivity index (χ3n) is 1.93. The van der Waals surface area contributed by atoms with Crippen LogP contribution in [0.1, 0.15) is 10.5 Å². The van der Waals surface area contributed by atoms with Crippen molar-refractivity contribution in [2.75, 3.05) is 18.8 Å². The molecule has 9 heteroatoms. The summed E-state index contributed by atoms with van der Waals surface area (Å²) in [5.74, 6) is -0.744. The van der Waals surface area contributed by atoms with Crippen LogP contribution in [0.4, 0.5) is 0 Å². The molecule has 1 aromatic rings. The van der Waals surface area contributed by atoms with E-state index in [1.807, 2.05) is 0 Å². The van der Waals surface area contributed by atoms with Crippen molar-refractivity contribution < 1.29 is 13.2 Å². The molecule has 0 radical (unpaired) electrons. The first-order valence-corrected chi connectivity index (χ1v) is 6.64. The largest absolute Gasteiger partial charge is 0.350 e. The van der Waals surface area contributed by atoms with Gasteiger partial charge in [0.1, 0.15) is 5.69 Å². The molecule has 0 bridgehead atoms. The molecule has 1 rings (SSSR count). The molecule has 0 atom stereocenters. The number of nitrogens with two attached hydrogens (primary N) is 2. The van der Waals surface area contributed by atoms with Gasteiger partial charge in [0.2, 0.25) is 10.0 Å². The number of aromatic nitrogens is 2. The predicted octanol–water partition coefficient (Wildman–Crippen LogP) is -2.14. The Labute approximate surface area is 99.0 Å². The first kappa shape index (κ1) is 13.6. The highest BCUT2D eigenvalue weighted by atomic mass is 32.2. The number of imidazole rings is 1. The minimum absolute atomic E-state index is 0.0403. The van der Waals surface area contributed by atoms with Gasteiger partial charge in [-0.15, -0.1) is 0 Å². The lowest BCUT2D eigenvalue weighted by Crippen LogP contribution is -2.31. The van der Waals surface area contributed by atoms with Gasteiger partial charge in [0, 0.05) is 25.8 Å². The van der Waals surface area contributed by atoms with Crippen LogP contribution in [0.2, 0.25) is 0 Å². The maximum Gasteiger partial charge on any atom is 0.271 e. The van der Waals surface area contributed by atoms with E-state index in [0.29, 0.717) is 13.1 Å². The molecule has 1 amide bonds. The van der Waals surface area contributed by atoms with Gasteiger partial charge in [-0.05, 0) is 0 Å². The third-order valence-corrected chi connectivity index (χ3v) is 2.70. The van der Waals surface area contributed by atoms with Crippen LogP contribution >= 0.6 is 0 Å². The predicted molar refractivity (Wildman–Crippen MR) is 61.6 cm³/mol. The number of nitrogens with zero attached hydrogens (tertiary/aromatic N) is 2. The van der Waals surface area contributed by atoms with Gasteiger partial charge < -0.3 is 15.6 Å². The first-order valence-electron chi connectivity index (χ1n) is 4.93. The fraction of sp³-hybridized carbons (Fsp3) is 0.500. The van der Waals surface area contributed by atoms with Gasteiger partial charge in [-0.2, -0.15) is 0 Å². The average Bonchev–Trinajstić information content (AvgIpc) is 2.65. The Morgan fingerprint density at radius 1 is 1.53 bits per heavy atom. The fourth-order valence-corrected chi connectivity index (χ4v) is 1.53. The Morgan fingerprint density at radius 3 is 2.82 bits per heavy atom. The van der Waals surface area contributed by atoms with Crippen LogP contribution in [0.15, 0.2) is 12.5 Å². The number of primary sulfonamides is 1. The zero-order chi connectivity index (χ0) is 12.9. The van der Waals surface area contributed by atoms with Crippen molar-refractivity contribution in [2.45, 2.75) is 6.54 Å². The van der Waals surface area contributed by atoms with E-state index < -0.39 is 15.9 Å². The number of hydrogen-bond donors (Lipinski definition) is 3. The van der Waals surface area contributed by atoms with E-state index in [4.69, 9.17) is 10.9 Å². The van der Waals surface area contributed by atoms with Crippen LogP contribution < -0.4 is 16.2 Å². The molecule has 1 aromatic heterocycles. The number of sulfonamides is 1. The van der Waals surface area contributed by atoms with Crippen LogP contribution in [0.25, 0.3) is 0 Å². The number of rotatable bonds is 6. The quantitative estimate of drug-likeness (QED) is 0.537. The lowest BCUT2D eigenvalue weighted by Gasteiger charge is -2.01.